The zero-order chi connectivity index (χ0) is 24.5. The van der Waals surface area contributed by atoms with E-state index in [-0.39, 0.29) is 5.75 Å². The molecule has 4 rings (SSSR count). The van der Waals surface area contributed by atoms with Gasteiger partial charge in [0.15, 0.2) is 0 Å². The van der Waals surface area contributed by atoms with Gasteiger partial charge < -0.3 is 14.2 Å². The number of hydrogen-bond donors (Lipinski definition) is 0. The molecule has 0 N–H and O–H groups in total. The predicted molar refractivity (Wildman–Crippen MR) is 124 cm³/mol. The average molecular weight is 502 g/mol. The van der Waals surface area contributed by atoms with Crippen LogP contribution in [0.25, 0.3) is 12.2 Å². The maximum atomic E-state index is 12.2. The lowest BCUT2D eigenvalue weighted by molar-refractivity contribution is -0.274. The molecule has 0 atom stereocenters. The number of thiazole rings is 1. The molecule has 1 aliphatic heterocycles. The van der Waals surface area contributed by atoms with Crippen LogP contribution in [0.4, 0.5) is 13.2 Å². The first-order valence-electron chi connectivity index (χ1n) is 10.5. The van der Waals surface area contributed by atoms with Gasteiger partial charge in [-0.25, -0.2) is 4.98 Å². The maximum absolute atomic E-state index is 12.2. The van der Waals surface area contributed by atoms with E-state index in [0.717, 1.165) is 27.6 Å². The fraction of sp³-hybridized carbons (Fsp3) is 0.208. The van der Waals surface area contributed by atoms with Gasteiger partial charge in [0.1, 0.15) is 28.2 Å². The third-order valence-electron chi connectivity index (χ3n) is 4.57. The fourth-order valence-corrected chi connectivity index (χ4v) is 3.61. The molecule has 0 amide bonds. The lowest BCUT2D eigenvalue weighted by Gasteiger charge is -2.08. The highest BCUT2D eigenvalue weighted by Crippen LogP contribution is 2.23. The van der Waals surface area contributed by atoms with E-state index in [9.17, 15) is 13.2 Å². The van der Waals surface area contributed by atoms with Crippen LogP contribution in [0.15, 0.2) is 70.4 Å². The van der Waals surface area contributed by atoms with Gasteiger partial charge in [-0.1, -0.05) is 30.3 Å². The Morgan fingerprint density at radius 3 is 2.46 bits per heavy atom. The summed E-state index contributed by atoms with van der Waals surface area (Å²) >= 11 is 1.45. The number of hydrogen-bond acceptors (Lipinski definition) is 8. The topological polar surface area (TPSA) is 68.5 Å². The van der Waals surface area contributed by atoms with Crippen LogP contribution >= 0.6 is 11.3 Å². The van der Waals surface area contributed by atoms with Gasteiger partial charge in [-0.05, 0) is 46.7 Å². The summed E-state index contributed by atoms with van der Waals surface area (Å²) in [4.78, 5) is 4.49. The van der Waals surface area contributed by atoms with Crippen LogP contribution in [0, 0.1) is 6.20 Å². The van der Waals surface area contributed by atoms with Gasteiger partial charge in [-0.3, -0.25) is 0 Å². The number of benzene rings is 2. The van der Waals surface area contributed by atoms with Crippen LogP contribution in [0.1, 0.15) is 21.8 Å². The Labute approximate surface area is 203 Å². The molecule has 3 aromatic rings. The van der Waals surface area contributed by atoms with E-state index in [1.54, 1.807) is 35.5 Å². The van der Waals surface area contributed by atoms with Crippen molar-refractivity contribution >= 4 is 23.5 Å². The Hall–Kier alpha value is -3.79. The zero-order valence-electron chi connectivity index (χ0n) is 18.3. The molecule has 7 nitrogen and oxygen atoms in total. The second-order valence-electron chi connectivity index (χ2n) is 7.22. The quantitative estimate of drug-likeness (QED) is 0.229. The molecule has 35 heavy (non-hydrogen) atoms. The zero-order valence-corrected chi connectivity index (χ0v) is 19.1. The summed E-state index contributed by atoms with van der Waals surface area (Å²) in [5.41, 5.74) is 2.54. The molecule has 1 aliphatic rings. The molecular formula is C24H20F3N4O3S+. The number of rotatable bonds is 11. The van der Waals surface area contributed by atoms with Crippen LogP contribution in [0.3, 0.4) is 0 Å². The van der Waals surface area contributed by atoms with Crippen molar-refractivity contribution in [3.8, 4) is 11.5 Å². The lowest BCUT2D eigenvalue weighted by atomic mass is 10.2. The molecule has 0 unspecified atom stereocenters. The highest BCUT2D eigenvalue weighted by atomic mass is 32.1. The number of nitrogens with zero attached hydrogens (tertiary/aromatic N) is 4. The monoisotopic (exact) mass is 501 g/mol. The summed E-state index contributed by atoms with van der Waals surface area (Å²) in [6.07, 6.45) is 3.16. The van der Waals surface area contributed by atoms with Gasteiger partial charge in [-0.15, -0.1) is 24.5 Å². The van der Waals surface area contributed by atoms with E-state index >= 15 is 0 Å². The third kappa shape index (κ3) is 8.18. The fourth-order valence-electron chi connectivity index (χ4n) is 2.91. The van der Waals surface area contributed by atoms with Crippen LogP contribution in [0.5, 0.6) is 11.5 Å². The highest BCUT2D eigenvalue weighted by Gasteiger charge is 2.30. The van der Waals surface area contributed by atoms with Crippen molar-refractivity contribution in [3.63, 3.8) is 0 Å². The maximum Gasteiger partial charge on any atom is 0.573 e. The molecule has 0 saturated heterocycles. The van der Waals surface area contributed by atoms with Gasteiger partial charge in [0.25, 0.3) is 0 Å². The molecule has 1 aromatic heterocycles. The third-order valence-corrected chi connectivity index (χ3v) is 5.43. The van der Waals surface area contributed by atoms with Gasteiger partial charge in [0.05, 0.1) is 25.5 Å². The largest absolute Gasteiger partial charge is 0.573 e. The van der Waals surface area contributed by atoms with Crippen molar-refractivity contribution in [3.05, 3.63) is 88.1 Å². The van der Waals surface area contributed by atoms with Gasteiger partial charge in [0, 0.05) is 5.38 Å². The Kier molecular flexibility index (Phi) is 8.04. The van der Waals surface area contributed by atoms with E-state index in [1.807, 2.05) is 29.6 Å². The van der Waals surface area contributed by atoms with Crippen molar-refractivity contribution < 1.29 is 27.4 Å². The average Bonchev–Trinajstić information content (AvgIpc) is 3.52. The predicted octanol–water partition coefficient (Wildman–Crippen LogP) is 6.26. The molecule has 0 bridgehead atoms. The number of ether oxygens (including phenoxy) is 3. The Bertz CT molecular complexity index is 1160. The second-order valence-corrected chi connectivity index (χ2v) is 8.11. The van der Waals surface area contributed by atoms with Crippen LogP contribution < -0.4 is 9.47 Å². The highest BCUT2D eigenvalue weighted by molar-refractivity contribution is 7.10. The molecule has 2 aromatic carbocycles. The minimum absolute atomic E-state index is 0.258. The van der Waals surface area contributed by atoms with Crippen LogP contribution in [0.2, 0.25) is 0 Å². The summed E-state index contributed by atoms with van der Waals surface area (Å²) in [5, 5.41) is 11.8. The first kappa shape index (κ1) is 24.3. The Morgan fingerprint density at radius 2 is 1.74 bits per heavy atom. The second kappa shape index (κ2) is 11.6. The van der Waals surface area contributed by atoms with E-state index in [4.69, 9.17) is 9.47 Å². The first-order valence-corrected chi connectivity index (χ1v) is 11.3. The minimum Gasteiger partial charge on any atom is -0.487 e. The number of alkyl halides is 3. The summed E-state index contributed by atoms with van der Waals surface area (Å²) < 4.78 is 52.0. The number of aromatic nitrogens is 1. The molecule has 0 saturated carbocycles. The van der Waals surface area contributed by atoms with Crippen LogP contribution in [-0.2, 0) is 18.0 Å². The van der Waals surface area contributed by atoms with Gasteiger partial charge in [0.2, 0.25) is 0 Å². The SMILES string of the molecule is FC(F)(F)Oc1ccc(C=Cc2nc(COc3ccc(COCCN4C=[C+]N=N4)cc3)cs2)cc1. The summed E-state index contributed by atoms with van der Waals surface area (Å²) in [5.74, 6) is 0.462. The Balaban J connectivity index is 1.19. The van der Waals surface area contributed by atoms with Crippen molar-refractivity contribution in [1.82, 2.24) is 9.99 Å². The molecule has 0 fully saturated rings. The molecular weight excluding hydrogens is 481 g/mol. The van der Waals surface area contributed by atoms with Crippen molar-refractivity contribution in [2.45, 2.75) is 19.6 Å². The van der Waals surface area contributed by atoms with E-state index in [2.05, 4.69) is 26.3 Å². The van der Waals surface area contributed by atoms with Gasteiger partial charge in [-0.2, -0.15) is 5.01 Å². The molecule has 180 valence electrons. The van der Waals surface area contributed by atoms with Crippen molar-refractivity contribution in [1.29, 1.82) is 0 Å². The normalized spacial score (nSPS) is 12.9. The Morgan fingerprint density at radius 1 is 0.971 bits per heavy atom. The minimum atomic E-state index is -4.70. The smallest absolute Gasteiger partial charge is 0.487 e. The molecule has 0 aliphatic carbocycles. The van der Waals surface area contributed by atoms with E-state index in [1.165, 1.54) is 23.5 Å². The summed E-state index contributed by atoms with van der Waals surface area (Å²) in [7, 11) is 0. The first-order chi connectivity index (χ1) is 16.9. The molecule has 11 heteroatoms. The summed E-state index contributed by atoms with van der Waals surface area (Å²) in [6.45, 7) is 1.94. The van der Waals surface area contributed by atoms with Crippen molar-refractivity contribution in [2.24, 2.45) is 10.3 Å². The van der Waals surface area contributed by atoms with Gasteiger partial charge >= 0.3 is 18.8 Å². The number of halogens is 3. The summed E-state index contributed by atoms with van der Waals surface area (Å²) in [6, 6.07) is 13.3. The molecule has 0 radical (unpaired) electrons. The standard InChI is InChI=1S/C24H20F3N4O3S/c25-24(26,27)34-22-8-1-18(2-9-22)5-10-23-29-20(17-35-23)16-33-21-6-3-19(4-7-21)15-32-14-13-31-12-11-28-30-31/h1-10,12,17H,13-16H2/q+1. The molecule has 0 spiro atoms. The van der Waals surface area contributed by atoms with E-state index in [0.29, 0.717) is 26.4 Å². The van der Waals surface area contributed by atoms with E-state index < -0.39 is 6.36 Å². The lowest BCUT2D eigenvalue weighted by Crippen LogP contribution is -2.16. The van der Waals surface area contributed by atoms with Crippen molar-refractivity contribution in [2.75, 3.05) is 13.2 Å². The molecule has 2 heterocycles. The van der Waals surface area contributed by atoms with Crippen LogP contribution in [-0.4, -0.2) is 29.5 Å².